The molecule has 0 spiro atoms. The van der Waals surface area contributed by atoms with Crippen molar-refractivity contribution in [1.82, 2.24) is 0 Å². The molecule has 0 saturated carbocycles. The van der Waals surface area contributed by atoms with Crippen LogP contribution < -0.4 is 5.30 Å². The van der Waals surface area contributed by atoms with Gasteiger partial charge in [0.05, 0.1) is 0 Å². The molecule has 0 aromatic heterocycles. The summed E-state index contributed by atoms with van der Waals surface area (Å²) in [7, 11) is 2.92. The van der Waals surface area contributed by atoms with E-state index >= 15 is 0 Å². The summed E-state index contributed by atoms with van der Waals surface area (Å²) in [6.45, 7) is 11.1. The lowest BCUT2D eigenvalue weighted by Gasteiger charge is -2.11. The van der Waals surface area contributed by atoms with Crippen LogP contribution in [-0.4, -0.2) is 0 Å². The molecule has 0 bridgehead atoms. The summed E-state index contributed by atoms with van der Waals surface area (Å²) < 4.78 is 0. The average Bonchev–Trinajstić information content (AvgIpc) is 2.37. The topological polar surface area (TPSA) is 0 Å². The molecule has 116 valence electrons. The molecule has 1 aromatic rings. The molecule has 0 amide bonds. The monoisotopic (exact) mass is 302 g/mol. The average molecular weight is 302 g/mol. The van der Waals surface area contributed by atoms with Gasteiger partial charge in [-0.2, -0.15) is 0 Å². The third-order valence-corrected chi connectivity index (χ3v) is 4.37. The second-order valence-corrected chi connectivity index (χ2v) is 6.93. The van der Waals surface area contributed by atoms with E-state index in [9.17, 15) is 0 Å². The third-order valence-electron chi connectivity index (χ3n) is 3.85. The van der Waals surface area contributed by atoms with Crippen molar-refractivity contribution in [1.29, 1.82) is 0 Å². The number of hydrogen-bond acceptors (Lipinski definition) is 0. The largest absolute Gasteiger partial charge is 0.105 e. The second-order valence-electron chi connectivity index (χ2n) is 6.31. The highest BCUT2D eigenvalue weighted by Gasteiger charge is 2.04. The maximum atomic E-state index is 2.92. The van der Waals surface area contributed by atoms with E-state index in [0.29, 0.717) is 0 Å². The van der Waals surface area contributed by atoms with E-state index in [1.54, 1.807) is 0 Å². The first-order valence-corrected chi connectivity index (χ1v) is 8.68. The van der Waals surface area contributed by atoms with Crippen LogP contribution in [0.2, 0.25) is 0 Å². The summed E-state index contributed by atoms with van der Waals surface area (Å²) in [6.07, 6.45) is 10.5. The van der Waals surface area contributed by atoms with Gasteiger partial charge in [-0.25, -0.2) is 0 Å². The number of hydrogen-bond donors (Lipinski definition) is 0. The molecule has 1 unspecified atom stereocenters. The van der Waals surface area contributed by atoms with Crippen molar-refractivity contribution in [2.45, 2.75) is 66.7 Å². The zero-order valence-electron chi connectivity index (χ0n) is 14.4. The Kier molecular flexibility index (Phi) is 7.97. The number of rotatable bonds is 7. The summed E-state index contributed by atoms with van der Waals surface area (Å²) >= 11 is 0. The Morgan fingerprint density at radius 2 is 1.86 bits per heavy atom. The first-order valence-electron chi connectivity index (χ1n) is 8.10. The third kappa shape index (κ3) is 6.62. The minimum atomic E-state index is 1.05. The summed E-state index contributed by atoms with van der Waals surface area (Å²) in [4.78, 5) is 0. The highest BCUT2D eigenvalue weighted by atomic mass is 31.0. The molecule has 0 heterocycles. The summed E-state index contributed by atoms with van der Waals surface area (Å²) in [5.41, 5.74) is 7.28. The van der Waals surface area contributed by atoms with Crippen molar-refractivity contribution >= 4 is 14.5 Å². The van der Waals surface area contributed by atoms with Crippen LogP contribution in [0.4, 0.5) is 0 Å². The summed E-state index contributed by atoms with van der Waals surface area (Å²) in [6, 6.07) is 4.70. The van der Waals surface area contributed by atoms with Crippen LogP contribution in [0, 0.1) is 6.92 Å². The molecule has 0 aliphatic heterocycles. The summed E-state index contributed by atoms with van der Waals surface area (Å²) in [5, 5.41) is 1.37. The van der Waals surface area contributed by atoms with Gasteiger partial charge >= 0.3 is 0 Å². The first kappa shape index (κ1) is 18.2. The van der Waals surface area contributed by atoms with Crippen LogP contribution in [-0.2, 0) is 12.8 Å². The fourth-order valence-electron chi connectivity index (χ4n) is 2.60. The van der Waals surface area contributed by atoms with Gasteiger partial charge in [-0.15, -0.1) is 9.24 Å². The minimum absolute atomic E-state index is 1.05. The maximum absolute atomic E-state index is 2.92. The van der Waals surface area contributed by atoms with E-state index in [-0.39, 0.29) is 0 Å². The SMILES string of the molecule is CCCc1cc(C)c(C/C=C(\C)CCC=C(C)C)c(P)c1. The number of benzene rings is 1. The normalized spacial score (nSPS) is 11.6. The van der Waals surface area contributed by atoms with Gasteiger partial charge in [0.25, 0.3) is 0 Å². The smallest absolute Gasteiger partial charge is 0.00861 e. The summed E-state index contributed by atoms with van der Waals surface area (Å²) in [5.74, 6) is 0. The van der Waals surface area contributed by atoms with Crippen molar-refractivity contribution in [2.24, 2.45) is 0 Å². The highest BCUT2D eigenvalue weighted by molar-refractivity contribution is 7.27. The van der Waals surface area contributed by atoms with Crippen molar-refractivity contribution < 1.29 is 0 Å². The Balaban J connectivity index is 2.72. The zero-order chi connectivity index (χ0) is 15.8. The Labute approximate surface area is 133 Å². The van der Waals surface area contributed by atoms with E-state index in [2.05, 4.69) is 68.1 Å². The molecule has 0 aliphatic carbocycles. The van der Waals surface area contributed by atoms with Gasteiger partial charge in [-0.3, -0.25) is 0 Å². The molecule has 0 saturated heterocycles. The second kappa shape index (κ2) is 9.21. The van der Waals surface area contributed by atoms with Crippen molar-refractivity contribution in [2.75, 3.05) is 0 Å². The Morgan fingerprint density at radius 3 is 2.43 bits per heavy atom. The highest BCUT2D eigenvalue weighted by Crippen LogP contribution is 2.16. The molecule has 21 heavy (non-hydrogen) atoms. The van der Waals surface area contributed by atoms with E-state index in [4.69, 9.17) is 0 Å². The van der Waals surface area contributed by atoms with Gasteiger partial charge in [-0.05, 0) is 75.4 Å². The molecule has 0 aliphatic rings. The van der Waals surface area contributed by atoms with Gasteiger partial charge in [0, 0.05) is 0 Å². The molecule has 0 fully saturated rings. The van der Waals surface area contributed by atoms with E-state index < -0.39 is 0 Å². The van der Waals surface area contributed by atoms with Gasteiger partial charge < -0.3 is 0 Å². The van der Waals surface area contributed by atoms with Gasteiger partial charge in [0.15, 0.2) is 0 Å². The number of aryl methyl sites for hydroxylation is 2. The number of allylic oxidation sites excluding steroid dienone is 4. The standard InChI is InChI=1S/C20H31P/c1-6-8-18-13-17(5)19(20(21)14-18)12-11-16(4)10-7-9-15(2)3/h9,11,13-14H,6-8,10,12,21H2,1-5H3/b16-11+. The quantitative estimate of drug-likeness (QED) is 0.449. The molecule has 0 nitrogen and oxygen atoms in total. The van der Waals surface area contributed by atoms with Crippen LogP contribution in [0.5, 0.6) is 0 Å². The lowest BCUT2D eigenvalue weighted by atomic mass is 9.98. The molecule has 1 heteroatoms. The molecule has 1 aromatic carbocycles. The lowest BCUT2D eigenvalue weighted by Crippen LogP contribution is -2.06. The Morgan fingerprint density at radius 1 is 1.14 bits per heavy atom. The maximum Gasteiger partial charge on any atom is -0.00861 e. The predicted octanol–water partition coefficient (Wildman–Crippen LogP) is 5.68. The molecular weight excluding hydrogens is 271 g/mol. The fourth-order valence-corrected chi connectivity index (χ4v) is 3.16. The van der Waals surface area contributed by atoms with Gasteiger partial charge in [0.2, 0.25) is 0 Å². The van der Waals surface area contributed by atoms with E-state index in [1.807, 2.05) is 0 Å². The first-order chi connectivity index (χ1) is 9.93. The predicted molar refractivity (Wildman–Crippen MR) is 101 cm³/mol. The van der Waals surface area contributed by atoms with Crippen molar-refractivity contribution in [3.8, 4) is 0 Å². The van der Waals surface area contributed by atoms with E-state index in [0.717, 1.165) is 12.8 Å². The minimum Gasteiger partial charge on any atom is -0.105 e. The van der Waals surface area contributed by atoms with Crippen molar-refractivity contribution in [3.05, 3.63) is 52.1 Å². The van der Waals surface area contributed by atoms with Crippen LogP contribution >= 0.6 is 9.24 Å². The van der Waals surface area contributed by atoms with Crippen molar-refractivity contribution in [3.63, 3.8) is 0 Å². The Bertz CT molecular complexity index is 494. The molecule has 1 rings (SSSR count). The van der Waals surface area contributed by atoms with Gasteiger partial charge in [0.1, 0.15) is 0 Å². The Hall–Kier alpha value is -0.870. The van der Waals surface area contributed by atoms with Crippen LogP contribution in [0.3, 0.4) is 0 Å². The zero-order valence-corrected chi connectivity index (χ0v) is 15.6. The lowest BCUT2D eigenvalue weighted by molar-refractivity contribution is 0.919. The molecule has 0 N–H and O–H groups in total. The van der Waals surface area contributed by atoms with Crippen LogP contribution in [0.25, 0.3) is 0 Å². The molecular formula is C20H31P. The molecule has 1 atom stereocenters. The fraction of sp³-hybridized carbons (Fsp3) is 0.500. The van der Waals surface area contributed by atoms with Gasteiger partial charge in [-0.1, -0.05) is 48.8 Å². The van der Waals surface area contributed by atoms with E-state index in [1.165, 1.54) is 52.4 Å². The van der Waals surface area contributed by atoms with Crippen LogP contribution in [0.15, 0.2) is 35.4 Å². The van der Waals surface area contributed by atoms with Crippen LogP contribution in [0.1, 0.15) is 63.6 Å². The molecule has 0 radical (unpaired) electrons.